The molecule has 0 atom stereocenters. The van der Waals surface area contributed by atoms with Gasteiger partial charge in [-0.3, -0.25) is 0 Å². The van der Waals surface area contributed by atoms with Crippen LogP contribution in [0.1, 0.15) is 5.76 Å². The van der Waals surface area contributed by atoms with Gasteiger partial charge in [0, 0.05) is 18.1 Å². The van der Waals surface area contributed by atoms with Crippen molar-refractivity contribution in [2.24, 2.45) is 0 Å². The molecule has 0 saturated carbocycles. The maximum Gasteiger partial charge on any atom is 0.131 e. The molecule has 0 fully saturated rings. The summed E-state index contributed by atoms with van der Waals surface area (Å²) < 4.78 is 18.2. The van der Waals surface area contributed by atoms with Crippen molar-refractivity contribution in [3.8, 4) is 11.1 Å². The van der Waals surface area contributed by atoms with E-state index in [1.54, 1.807) is 24.3 Å². The van der Waals surface area contributed by atoms with Gasteiger partial charge in [-0.05, 0) is 12.1 Å². The van der Waals surface area contributed by atoms with Gasteiger partial charge in [0.25, 0.3) is 0 Å². The number of furan rings is 1. The molecule has 0 saturated heterocycles. The van der Waals surface area contributed by atoms with Crippen LogP contribution in [0.2, 0.25) is 0 Å². The van der Waals surface area contributed by atoms with Crippen LogP contribution < -0.4 is 0 Å². The van der Waals surface area contributed by atoms with Crippen molar-refractivity contribution >= 4 is 0 Å². The van der Waals surface area contributed by atoms with E-state index in [2.05, 4.69) is 6.92 Å². The lowest BCUT2D eigenvalue weighted by Gasteiger charge is -1.96. The van der Waals surface area contributed by atoms with E-state index in [4.69, 9.17) is 4.42 Å². The number of hydrogen-bond acceptors (Lipinski definition) is 1. The van der Waals surface area contributed by atoms with Crippen LogP contribution in [0.5, 0.6) is 0 Å². The summed E-state index contributed by atoms with van der Waals surface area (Å²) in [5, 5.41) is 0. The van der Waals surface area contributed by atoms with Crippen molar-refractivity contribution in [3.05, 3.63) is 55.1 Å². The first-order valence-corrected chi connectivity index (χ1v) is 3.93. The second kappa shape index (κ2) is 3.05. The lowest BCUT2D eigenvalue weighted by Crippen LogP contribution is -1.79. The van der Waals surface area contributed by atoms with Gasteiger partial charge in [-0.1, -0.05) is 18.2 Å². The maximum absolute atomic E-state index is 13.2. The first-order valence-electron chi connectivity index (χ1n) is 3.93. The molecule has 0 aliphatic carbocycles. The van der Waals surface area contributed by atoms with Gasteiger partial charge in [0.15, 0.2) is 0 Å². The zero-order valence-corrected chi connectivity index (χ0v) is 6.96. The molecule has 65 valence electrons. The average Bonchev–Trinajstić information content (AvgIpc) is 2.53. The molecule has 2 heteroatoms. The molecule has 2 aromatic rings. The van der Waals surface area contributed by atoms with Crippen molar-refractivity contribution < 1.29 is 8.81 Å². The Bertz CT molecular complexity index is 418. The number of hydrogen-bond donors (Lipinski definition) is 0. The summed E-state index contributed by atoms with van der Waals surface area (Å²) in [6.07, 6.45) is 1.50. The zero-order chi connectivity index (χ0) is 9.26. The van der Waals surface area contributed by atoms with Crippen molar-refractivity contribution in [2.75, 3.05) is 0 Å². The molecule has 0 amide bonds. The highest BCUT2D eigenvalue weighted by molar-refractivity contribution is 5.63. The first-order chi connectivity index (χ1) is 6.27. The molecule has 1 radical (unpaired) electrons. The first kappa shape index (κ1) is 8.05. The van der Waals surface area contributed by atoms with Gasteiger partial charge in [-0.25, -0.2) is 4.39 Å². The molecular formula is C11H8FO. The van der Waals surface area contributed by atoms with Crippen LogP contribution in [0.25, 0.3) is 11.1 Å². The fourth-order valence-corrected chi connectivity index (χ4v) is 1.22. The average molecular weight is 175 g/mol. The Morgan fingerprint density at radius 2 is 2.00 bits per heavy atom. The van der Waals surface area contributed by atoms with Crippen molar-refractivity contribution in [1.82, 2.24) is 0 Å². The van der Waals surface area contributed by atoms with Crippen molar-refractivity contribution in [2.45, 2.75) is 0 Å². The maximum atomic E-state index is 13.2. The Hall–Kier alpha value is -1.57. The Balaban J connectivity index is 2.52. The lowest BCUT2D eigenvalue weighted by molar-refractivity contribution is 0.549. The second-order valence-corrected chi connectivity index (χ2v) is 2.78. The standard InChI is InChI=1S/C11H8FO/c1-8-6-9(7-13-8)10-4-2-3-5-11(10)12/h2-7H,1H2. The molecule has 0 unspecified atom stereocenters. The van der Waals surface area contributed by atoms with Gasteiger partial charge < -0.3 is 4.42 Å². The predicted molar refractivity (Wildman–Crippen MR) is 48.6 cm³/mol. The van der Waals surface area contributed by atoms with Crippen LogP contribution in [0.3, 0.4) is 0 Å². The molecule has 0 bridgehead atoms. The summed E-state index contributed by atoms with van der Waals surface area (Å²) in [4.78, 5) is 0. The third-order valence-electron chi connectivity index (χ3n) is 1.84. The van der Waals surface area contributed by atoms with E-state index in [0.29, 0.717) is 11.3 Å². The van der Waals surface area contributed by atoms with Gasteiger partial charge in [-0.15, -0.1) is 0 Å². The molecule has 0 spiro atoms. The summed E-state index contributed by atoms with van der Waals surface area (Å²) in [7, 11) is 0. The summed E-state index contributed by atoms with van der Waals surface area (Å²) >= 11 is 0. The number of rotatable bonds is 1. The monoisotopic (exact) mass is 175 g/mol. The fraction of sp³-hybridized carbons (Fsp3) is 0. The number of halogens is 1. The van der Waals surface area contributed by atoms with Gasteiger partial charge in [0.1, 0.15) is 11.6 Å². The SMILES string of the molecule is [CH2]c1cc(-c2ccccc2F)co1. The van der Waals surface area contributed by atoms with E-state index in [-0.39, 0.29) is 5.82 Å². The largest absolute Gasteiger partial charge is 0.469 e. The topological polar surface area (TPSA) is 13.1 Å². The van der Waals surface area contributed by atoms with Crippen molar-refractivity contribution in [3.63, 3.8) is 0 Å². The Labute approximate surface area is 75.8 Å². The molecule has 1 nitrogen and oxygen atoms in total. The number of benzene rings is 1. The van der Waals surface area contributed by atoms with E-state index < -0.39 is 0 Å². The normalized spacial score (nSPS) is 10.3. The van der Waals surface area contributed by atoms with Crippen LogP contribution in [0.4, 0.5) is 4.39 Å². The highest BCUT2D eigenvalue weighted by Gasteiger charge is 2.05. The fourth-order valence-electron chi connectivity index (χ4n) is 1.22. The minimum Gasteiger partial charge on any atom is -0.469 e. The molecule has 1 heterocycles. The van der Waals surface area contributed by atoms with Crippen LogP contribution in [-0.4, -0.2) is 0 Å². The third kappa shape index (κ3) is 1.47. The minimum absolute atomic E-state index is 0.247. The summed E-state index contributed by atoms with van der Waals surface area (Å²) in [6.45, 7) is 3.61. The smallest absolute Gasteiger partial charge is 0.131 e. The van der Waals surface area contributed by atoms with Gasteiger partial charge in [0.2, 0.25) is 0 Å². The molecule has 2 rings (SSSR count). The van der Waals surface area contributed by atoms with E-state index in [1.165, 1.54) is 12.3 Å². The minimum atomic E-state index is -0.247. The summed E-state index contributed by atoms with van der Waals surface area (Å²) in [5.74, 6) is 0.293. The van der Waals surface area contributed by atoms with Crippen LogP contribution in [-0.2, 0) is 0 Å². The quantitative estimate of drug-likeness (QED) is 0.648. The molecule has 0 aliphatic rings. The predicted octanol–water partition coefficient (Wildman–Crippen LogP) is 3.27. The molecule has 0 N–H and O–H groups in total. The third-order valence-corrected chi connectivity index (χ3v) is 1.84. The zero-order valence-electron chi connectivity index (χ0n) is 6.96. The van der Waals surface area contributed by atoms with Gasteiger partial charge in [-0.2, -0.15) is 0 Å². The van der Waals surface area contributed by atoms with E-state index in [0.717, 1.165) is 5.56 Å². The Morgan fingerprint density at radius 1 is 1.23 bits per heavy atom. The van der Waals surface area contributed by atoms with Gasteiger partial charge >= 0.3 is 0 Å². The van der Waals surface area contributed by atoms with Crippen molar-refractivity contribution in [1.29, 1.82) is 0 Å². The Kier molecular flexibility index (Phi) is 1.89. The second-order valence-electron chi connectivity index (χ2n) is 2.78. The molecule has 13 heavy (non-hydrogen) atoms. The van der Waals surface area contributed by atoms with Gasteiger partial charge in [0.05, 0.1) is 6.26 Å². The Morgan fingerprint density at radius 3 is 2.62 bits per heavy atom. The highest BCUT2D eigenvalue weighted by Crippen LogP contribution is 2.24. The molecule has 0 aliphatic heterocycles. The van der Waals surface area contributed by atoms with E-state index >= 15 is 0 Å². The van der Waals surface area contributed by atoms with Crippen LogP contribution in [0.15, 0.2) is 41.0 Å². The molecular weight excluding hydrogens is 167 g/mol. The van der Waals surface area contributed by atoms with E-state index in [9.17, 15) is 4.39 Å². The molecule has 1 aromatic heterocycles. The summed E-state index contributed by atoms with van der Waals surface area (Å²) in [6, 6.07) is 8.28. The molecule has 1 aromatic carbocycles. The van der Waals surface area contributed by atoms with Crippen LogP contribution in [0, 0.1) is 12.7 Å². The van der Waals surface area contributed by atoms with E-state index in [1.807, 2.05) is 0 Å². The van der Waals surface area contributed by atoms with Crippen LogP contribution >= 0.6 is 0 Å². The highest BCUT2D eigenvalue weighted by atomic mass is 19.1. The lowest BCUT2D eigenvalue weighted by atomic mass is 10.1. The summed E-state index contributed by atoms with van der Waals surface area (Å²) in [5.41, 5.74) is 1.27.